The number of anilines is 2. The zero-order valence-corrected chi connectivity index (χ0v) is 17.5. The highest BCUT2D eigenvalue weighted by atomic mass is 16.2. The molecule has 1 aliphatic rings. The summed E-state index contributed by atoms with van der Waals surface area (Å²) in [5.74, 6) is -0.320. The van der Waals surface area contributed by atoms with Gasteiger partial charge in [0.15, 0.2) is 0 Å². The lowest BCUT2D eigenvalue weighted by atomic mass is 10.0. The molecule has 3 aromatic rings. The van der Waals surface area contributed by atoms with Crippen molar-refractivity contribution in [1.82, 2.24) is 15.6 Å². The molecule has 0 aliphatic carbocycles. The smallest absolute Gasteiger partial charge is 0.319 e. The molecule has 8 nitrogen and oxygen atoms in total. The SMILES string of the molecule is CNC(=O)c1cc2cc(NC(=O)NC3CCCN(c4ccc(C)cc4)C3=O)ccc2[nH]1. The van der Waals surface area contributed by atoms with Gasteiger partial charge in [-0.1, -0.05) is 17.7 Å². The number of rotatable bonds is 4. The largest absolute Gasteiger partial charge is 0.354 e. The number of amides is 4. The Bertz CT molecular complexity index is 1140. The number of carbonyl (C=O) groups is 3. The van der Waals surface area contributed by atoms with Crippen molar-refractivity contribution in [2.24, 2.45) is 0 Å². The number of aromatic amines is 1. The number of fused-ring (bicyclic) bond motifs is 1. The maximum Gasteiger partial charge on any atom is 0.319 e. The van der Waals surface area contributed by atoms with E-state index in [2.05, 4.69) is 20.9 Å². The highest BCUT2D eigenvalue weighted by molar-refractivity contribution is 6.02. The van der Waals surface area contributed by atoms with Crippen LogP contribution in [0, 0.1) is 6.92 Å². The molecule has 4 rings (SSSR count). The van der Waals surface area contributed by atoms with Gasteiger partial charge in [-0.25, -0.2) is 4.79 Å². The van der Waals surface area contributed by atoms with E-state index >= 15 is 0 Å². The van der Waals surface area contributed by atoms with Crippen LogP contribution in [-0.4, -0.2) is 42.5 Å². The molecule has 0 saturated carbocycles. The zero-order chi connectivity index (χ0) is 22.0. The Morgan fingerprint density at radius 3 is 2.61 bits per heavy atom. The van der Waals surface area contributed by atoms with Crippen molar-refractivity contribution in [1.29, 1.82) is 0 Å². The summed E-state index contributed by atoms with van der Waals surface area (Å²) in [6, 6.07) is 13.8. The fourth-order valence-electron chi connectivity index (χ4n) is 3.78. The third kappa shape index (κ3) is 4.37. The maximum absolute atomic E-state index is 12.9. The number of benzene rings is 2. The summed E-state index contributed by atoms with van der Waals surface area (Å²) in [7, 11) is 1.57. The lowest BCUT2D eigenvalue weighted by Crippen LogP contribution is -2.53. The van der Waals surface area contributed by atoms with Gasteiger partial charge >= 0.3 is 6.03 Å². The summed E-state index contributed by atoms with van der Waals surface area (Å²) in [5.41, 5.74) is 3.78. The molecule has 8 heteroatoms. The molecular formula is C23H25N5O3. The maximum atomic E-state index is 12.9. The number of urea groups is 1. The average molecular weight is 419 g/mol. The van der Waals surface area contributed by atoms with Crippen LogP contribution < -0.4 is 20.9 Å². The third-order valence-electron chi connectivity index (χ3n) is 5.44. The standard InChI is InChI=1S/C23H25N5O3/c1-14-5-8-17(9-6-14)28-11-3-4-19(22(28)30)27-23(31)25-16-7-10-18-15(12-16)13-20(26-18)21(29)24-2/h5-10,12-13,19,26H,3-4,11H2,1-2H3,(H,24,29)(H2,25,27,31). The predicted octanol–water partition coefficient (Wildman–Crippen LogP) is 3.15. The summed E-state index contributed by atoms with van der Waals surface area (Å²) >= 11 is 0. The molecule has 1 saturated heterocycles. The Morgan fingerprint density at radius 2 is 1.87 bits per heavy atom. The average Bonchev–Trinajstić information content (AvgIpc) is 3.19. The van der Waals surface area contributed by atoms with Crippen LogP contribution in [0.5, 0.6) is 0 Å². The van der Waals surface area contributed by atoms with Crippen LogP contribution in [0.25, 0.3) is 10.9 Å². The van der Waals surface area contributed by atoms with Crippen molar-refractivity contribution in [2.45, 2.75) is 25.8 Å². The number of carbonyl (C=O) groups excluding carboxylic acids is 3. The molecule has 0 radical (unpaired) electrons. The van der Waals surface area contributed by atoms with E-state index in [4.69, 9.17) is 0 Å². The van der Waals surface area contributed by atoms with Crippen molar-refractivity contribution in [3.63, 3.8) is 0 Å². The Kier molecular flexibility index (Phi) is 5.62. The Morgan fingerprint density at radius 1 is 1.10 bits per heavy atom. The van der Waals surface area contributed by atoms with Crippen molar-refractivity contribution in [3.8, 4) is 0 Å². The van der Waals surface area contributed by atoms with Gasteiger partial charge in [-0.3, -0.25) is 9.59 Å². The van der Waals surface area contributed by atoms with Gasteiger partial charge in [-0.15, -0.1) is 0 Å². The van der Waals surface area contributed by atoms with E-state index in [9.17, 15) is 14.4 Å². The number of aromatic nitrogens is 1. The number of nitrogens with zero attached hydrogens (tertiary/aromatic N) is 1. The van der Waals surface area contributed by atoms with Gasteiger partial charge in [0, 0.05) is 35.9 Å². The Labute approximate surface area is 180 Å². The normalized spacial score (nSPS) is 16.3. The van der Waals surface area contributed by atoms with E-state index in [1.54, 1.807) is 36.2 Å². The van der Waals surface area contributed by atoms with Crippen LogP contribution in [-0.2, 0) is 4.79 Å². The van der Waals surface area contributed by atoms with Gasteiger partial charge in [-0.2, -0.15) is 0 Å². The molecule has 1 fully saturated rings. The van der Waals surface area contributed by atoms with E-state index in [0.717, 1.165) is 28.6 Å². The van der Waals surface area contributed by atoms with Crippen LogP contribution in [0.3, 0.4) is 0 Å². The summed E-state index contributed by atoms with van der Waals surface area (Å²) in [6.07, 6.45) is 1.41. The first-order valence-corrected chi connectivity index (χ1v) is 10.2. The molecule has 4 N–H and O–H groups in total. The van der Waals surface area contributed by atoms with E-state index in [1.165, 1.54) is 0 Å². The van der Waals surface area contributed by atoms with Crippen LogP contribution in [0.1, 0.15) is 28.9 Å². The van der Waals surface area contributed by atoms with Gasteiger partial charge in [0.1, 0.15) is 11.7 Å². The van der Waals surface area contributed by atoms with Crippen molar-refractivity contribution >= 4 is 40.1 Å². The number of aryl methyl sites for hydroxylation is 1. The molecular weight excluding hydrogens is 394 g/mol. The summed E-state index contributed by atoms with van der Waals surface area (Å²) in [6.45, 7) is 2.64. The lowest BCUT2D eigenvalue weighted by Gasteiger charge is -2.32. The molecule has 31 heavy (non-hydrogen) atoms. The van der Waals surface area contributed by atoms with Crippen molar-refractivity contribution in [3.05, 3.63) is 59.8 Å². The van der Waals surface area contributed by atoms with Gasteiger partial charge in [-0.05, 0) is 56.2 Å². The van der Waals surface area contributed by atoms with Gasteiger partial charge in [0.05, 0.1) is 0 Å². The summed E-state index contributed by atoms with van der Waals surface area (Å²) in [5, 5.41) is 8.95. The third-order valence-corrected chi connectivity index (χ3v) is 5.44. The van der Waals surface area contributed by atoms with Crippen LogP contribution in [0.15, 0.2) is 48.5 Å². The highest BCUT2D eigenvalue weighted by Gasteiger charge is 2.30. The molecule has 2 aromatic carbocycles. The minimum absolute atomic E-state index is 0.110. The first kappa shape index (κ1) is 20.5. The molecule has 4 amide bonds. The van der Waals surface area contributed by atoms with Crippen molar-refractivity contribution < 1.29 is 14.4 Å². The van der Waals surface area contributed by atoms with E-state index < -0.39 is 12.1 Å². The monoisotopic (exact) mass is 419 g/mol. The van der Waals surface area contributed by atoms with Crippen LogP contribution in [0.4, 0.5) is 16.2 Å². The van der Waals surface area contributed by atoms with Crippen LogP contribution >= 0.6 is 0 Å². The Hall–Kier alpha value is -3.81. The van der Waals surface area contributed by atoms with Gasteiger partial charge in [0.2, 0.25) is 5.91 Å². The fraction of sp³-hybridized carbons (Fsp3) is 0.261. The number of hydrogen-bond donors (Lipinski definition) is 4. The minimum atomic E-state index is -0.578. The zero-order valence-electron chi connectivity index (χ0n) is 17.5. The number of piperidine rings is 1. The molecule has 0 bridgehead atoms. The lowest BCUT2D eigenvalue weighted by molar-refractivity contribution is -0.121. The second-order valence-corrected chi connectivity index (χ2v) is 7.68. The molecule has 160 valence electrons. The number of H-pyrrole nitrogens is 1. The minimum Gasteiger partial charge on any atom is -0.354 e. The quantitative estimate of drug-likeness (QED) is 0.522. The molecule has 1 aliphatic heterocycles. The molecule has 1 atom stereocenters. The van der Waals surface area contributed by atoms with E-state index in [1.807, 2.05) is 31.2 Å². The van der Waals surface area contributed by atoms with Crippen LogP contribution in [0.2, 0.25) is 0 Å². The second-order valence-electron chi connectivity index (χ2n) is 7.68. The van der Waals surface area contributed by atoms with Crippen molar-refractivity contribution in [2.75, 3.05) is 23.8 Å². The first-order chi connectivity index (χ1) is 14.9. The number of nitrogens with one attached hydrogen (secondary N) is 4. The highest BCUT2D eigenvalue weighted by Crippen LogP contribution is 2.23. The molecule has 0 spiro atoms. The first-order valence-electron chi connectivity index (χ1n) is 10.2. The topological polar surface area (TPSA) is 106 Å². The second kappa shape index (κ2) is 8.51. The predicted molar refractivity (Wildman–Crippen MR) is 120 cm³/mol. The summed E-state index contributed by atoms with van der Waals surface area (Å²) in [4.78, 5) is 42.0. The van der Waals surface area contributed by atoms with E-state index in [0.29, 0.717) is 24.3 Å². The van der Waals surface area contributed by atoms with Gasteiger partial charge < -0.3 is 25.8 Å². The molecule has 2 heterocycles. The molecule has 1 unspecified atom stereocenters. The molecule has 1 aromatic heterocycles. The fourth-order valence-corrected chi connectivity index (χ4v) is 3.78. The number of hydrogen-bond acceptors (Lipinski definition) is 3. The van der Waals surface area contributed by atoms with Gasteiger partial charge in [0.25, 0.3) is 5.91 Å². The summed E-state index contributed by atoms with van der Waals surface area (Å²) < 4.78 is 0. The Balaban J connectivity index is 1.42. The van der Waals surface area contributed by atoms with E-state index in [-0.39, 0.29) is 11.8 Å².